The molecule has 2 aliphatic rings. The van der Waals surface area contributed by atoms with Crippen molar-refractivity contribution in [3.05, 3.63) is 27.7 Å². The molecule has 0 bridgehead atoms. The molecule has 1 N–H and O–H groups in total. The number of fused-ring (bicyclic) bond motifs is 3. The number of rotatable bonds is 2. The van der Waals surface area contributed by atoms with Crippen LogP contribution in [0.2, 0.25) is 0 Å². The predicted octanol–water partition coefficient (Wildman–Crippen LogP) is -0.283. The fourth-order valence-corrected chi connectivity index (χ4v) is 2.94. The van der Waals surface area contributed by atoms with Gasteiger partial charge in [-0.3, -0.25) is 9.59 Å². The second-order valence-electron chi connectivity index (χ2n) is 5.16. The van der Waals surface area contributed by atoms with Gasteiger partial charge < -0.3 is 24.1 Å². The van der Waals surface area contributed by atoms with Crippen LogP contribution in [0.1, 0.15) is 33.3 Å². The minimum absolute atomic E-state index is 0.104. The summed E-state index contributed by atoms with van der Waals surface area (Å²) in [5.74, 6) is -1.32. The zero-order chi connectivity index (χ0) is 15.9. The van der Waals surface area contributed by atoms with Crippen molar-refractivity contribution in [2.75, 3.05) is 27.4 Å². The summed E-state index contributed by atoms with van der Waals surface area (Å²) < 4.78 is 16.8. The summed E-state index contributed by atoms with van der Waals surface area (Å²) in [6.45, 7) is 0.933. The molecule has 118 valence electrons. The summed E-state index contributed by atoms with van der Waals surface area (Å²) in [6.07, 6.45) is 2.02. The molecule has 1 aromatic heterocycles. The average molecular weight is 308 g/mol. The summed E-state index contributed by atoms with van der Waals surface area (Å²) in [6, 6.07) is -0.300. The highest BCUT2D eigenvalue weighted by atomic mass is 16.5. The summed E-state index contributed by atoms with van der Waals surface area (Å²) in [7, 11) is 2.48. The second-order valence-corrected chi connectivity index (χ2v) is 5.16. The van der Waals surface area contributed by atoms with Crippen molar-refractivity contribution in [2.45, 2.75) is 18.5 Å². The lowest BCUT2D eigenvalue weighted by molar-refractivity contribution is 0.0267. The van der Waals surface area contributed by atoms with Crippen molar-refractivity contribution in [3.8, 4) is 5.75 Å². The molecule has 1 aromatic rings. The van der Waals surface area contributed by atoms with E-state index in [1.54, 1.807) is 4.57 Å². The van der Waals surface area contributed by atoms with E-state index < -0.39 is 17.3 Å². The van der Waals surface area contributed by atoms with Crippen LogP contribution in [0.4, 0.5) is 0 Å². The number of pyridine rings is 1. The van der Waals surface area contributed by atoms with Gasteiger partial charge in [-0.15, -0.1) is 0 Å². The van der Waals surface area contributed by atoms with Crippen LogP contribution in [0, 0.1) is 0 Å². The first-order chi connectivity index (χ1) is 10.6. The number of ether oxygens (including phenoxy) is 3. The zero-order valence-corrected chi connectivity index (χ0v) is 12.3. The fraction of sp³-hybridized carbons (Fsp3) is 0.500. The van der Waals surface area contributed by atoms with Crippen molar-refractivity contribution in [1.29, 1.82) is 0 Å². The SMILES string of the molecule is COC(=O)c1cn2c(c(OC)c1=O)C(=O)N[C@@H]1CCOC[C@H]12. The number of carbonyl (C=O) groups excluding carboxylic acids is 2. The molecule has 0 saturated carbocycles. The summed E-state index contributed by atoms with van der Waals surface area (Å²) >= 11 is 0. The van der Waals surface area contributed by atoms with Crippen LogP contribution < -0.4 is 15.5 Å². The molecule has 1 amide bonds. The molecule has 0 radical (unpaired) electrons. The van der Waals surface area contributed by atoms with Gasteiger partial charge >= 0.3 is 5.97 Å². The average Bonchev–Trinajstić information content (AvgIpc) is 2.54. The van der Waals surface area contributed by atoms with E-state index in [1.165, 1.54) is 20.4 Å². The Hall–Kier alpha value is -2.35. The molecule has 2 atom stereocenters. The first-order valence-electron chi connectivity index (χ1n) is 6.88. The van der Waals surface area contributed by atoms with Gasteiger partial charge in [-0.2, -0.15) is 0 Å². The Morgan fingerprint density at radius 2 is 2.18 bits per heavy atom. The van der Waals surface area contributed by atoms with Gasteiger partial charge in [0.25, 0.3) is 5.91 Å². The zero-order valence-electron chi connectivity index (χ0n) is 12.3. The number of esters is 1. The Balaban J connectivity index is 2.24. The molecule has 0 unspecified atom stereocenters. The topological polar surface area (TPSA) is 95.9 Å². The van der Waals surface area contributed by atoms with Crippen molar-refractivity contribution in [2.24, 2.45) is 0 Å². The molecule has 0 spiro atoms. The number of carbonyl (C=O) groups is 2. The van der Waals surface area contributed by atoms with E-state index in [4.69, 9.17) is 9.47 Å². The predicted molar refractivity (Wildman–Crippen MR) is 74.3 cm³/mol. The van der Waals surface area contributed by atoms with E-state index in [1.807, 2.05) is 0 Å². The Morgan fingerprint density at radius 1 is 1.41 bits per heavy atom. The lowest BCUT2D eigenvalue weighted by Gasteiger charge is -2.39. The van der Waals surface area contributed by atoms with Gasteiger partial charge in [0.05, 0.1) is 32.9 Å². The minimum Gasteiger partial charge on any atom is -0.491 e. The number of methoxy groups -OCH3 is 2. The fourth-order valence-electron chi connectivity index (χ4n) is 2.94. The number of nitrogens with one attached hydrogen (secondary N) is 1. The monoisotopic (exact) mass is 308 g/mol. The van der Waals surface area contributed by atoms with Gasteiger partial charge in [-0.25, -0.2) is 4.79 Å². The highest BCUT2D eigenvalue weighted by Crippen LogP contribution is 2.29. The number of nitrogens with zero attached hydrogens (tertiary/aromatic N) is 1. The van der Waals surface area contributed by atoms with Crippen LogP contribution in [-0.4, -0.2) is 49.9 Å². The van der Waals surface area contributed by atoms with Crippen LogP contribution in [0.25, 0.3) is 0 Å². The lowest BCUT2D eigenvalue weighted by atomic mass is 9.98. The van der Waals surface area contributed by atoms with Crippen LogP contribution in [0.15, 0.2) is 11.0 Å². The maximum absolute atomic E-state index is 12.3. The van der Waals surface area contributed by atoms with Crippen LogP contribution in [0.3, 0.4) is 0 Å². The van der Waals surface area contributed by atoms with Crippen LogP contribution >= 0.6 is 0 Å². The van der Waals surface area contributed by atoms with Crippen molar-refractivity contribution < 1.29 is 23.8 Å². The number of hydrogen-bond donors (Lipinski definition) is 1. The standard InChI is InChI=1S/C14H16N2O6/c1-20-12-10-13(18)15-8-3-4-22-6-9(8)16(10)5-7(11(12)17)14(19)21-2/h5,8-9H,3-4,6H2,1-2H3,(H,15,18)/t8-,9-/m1/s1. The number of amides is 1. The molecular weight excluding hydrogens is 292 g/mol. The largest absolute Gasteiger partial charge is 0.491 e. The first kappa shape index (κ1) is 14.6. The minimum atomic E-state index is -0.766. The van der Waals surface area contributed by atoms with E-state index >= 15 is 0 Å². The summed E-state index contributed by atoms with van der Waals surface area (Å²) in [5, 5.41) is 2.86. The van der Waals surface area contributed by atoms with E-state index in [0.29, 0.717) is 19.6 Å². The van der Waals surface area contributed by atoms with Gasteiger partial charge in [0, 0.05) is 12.8 Å². The van der Waals surface area contributed by atoms with Crippen molar-refractivity contribution >= 4 is 11.9 Å². The van der Waals surface area contributed by atoms with Gasteiger partial charge in [0.15, 0.2) is 11.4 Å². The van der Waals surface area contributed by atoms with E-state index in [-0.39, 0.29) is 29.1 Å². The van der Waals surface area contributed by atoms with Gasteiger partial charge in [0.2, 0.25) is 5.43 Å². The summed E-state index contributed by atoms with van der Waals surface area (Å²) in [5.41, 5.74) is -0.722. The molecule has 1 saturated heterocycles. The third-order valence-electron chi connectivity index (χ3n) is 4.02. The number of aromatic nitrogens is 1. The molecule has 2 aliphatic heterocycles. The van der Waals surface area contributed by atoms with Crippen LogP contribution in [0.5, 0.6) is 5.75 Å². The molecule has 0 aromatic carbocycles. The molecule has 22 heavy (non-hydrogen) atoms. The molecule has 8 nitrogen and oxygen atoms in total. The van der Waals surface area contributed by atoms with Gasteiger partial charge in [-0.05, 0) is 6.42 Å². The van der Waals surface area contributed by atoms with Crippen LogP contribution in [-0.2, 0) is 9.47 Å². The van der Waals surface area contributed by atoms with Gasteiger partial charge in [0.1, 0.15) is 5.56 Å². The van der Waals surface area contributed by atoms with Crippen molar-refractivity contribution in [3.63, 3.8) is 0 Å². The smallest absolute Gasteiger partial charge is 0.343 e. The summed E-state index contributed by atoms with van der Waals surface area (Å²) in [4.78, 5) is 36.4. The third-order valence-corrected chi connectivity index (χ3v) is 4.02. The molecule has 3 rings (SSSR count). The van der Waals surface area contributed by atoms with Crippen molar-refractivity contribution in [1.82, 2.24) is 9.88 Å². The van der Waals surface area contributed by atoms with Gasteiger partial charge in [-0.1, -0.05) is 0 Å². The Morgan fingerprint density at radius 3 is 2.86 bits per heavy atom. The molecule has 0 aliphatic carbocycles. The molecule has 3 heterocycles. The highest BCUT2D eigenvalue weighted by Gasteiger charge is 2.38. The molecule has 8 heteroatoms. The Kier molecular flexibility index (Phi) is 3.61. The second kappa shape index (κ2) is 5.45. The maximum atomic E-state index is 12.3. The Bertz CT molecular complexity index is 695. The maximum Gasteiger partial charge on any atom is 0.343 e. The van der Waals surface area contributed by atoms with E-state index in [0.717, 1.165) is 0 Å². The lowest BCUT2D eigenvalue weighted by Crippen LogP contribution is -2.52. The third kappa shape index (κ3) is 2.07. The first-order valence-corrected chi connectivity index (χ1v) is 6.88. The molecular formula is C14H16N2O6. The van der Waals surface area contributed by atoms with E-state index in [2.05, 4.69) is 10.1 Å². The number of hydrogen-bond acceptors (Lipinski definition) is 6. The van der Waals surface area contributed by atoms with E-state index in [9.17, 15) is 14.4 Å². The highest BCUT2D eigenvalue weighted by molar-refractivity contribution is 5.98. The quantitative estimate of drug-likeness (QED) is 0.755. The normalized spacial score (nSPS) is 23.1. The molecule has 1 fully saturated rings. The Labute approximate surface area is 126 Å².